The van der Waals surface area contributed by atoms with Gasteiger partial charge in [-0.05, 0) is 48.9 Å². The lowest BCUT2D eigenvalue weighted by Gasteiger charge is -2.31. The van der Waals surface area contributed by atoms with E-state index in [1.807, 2.05) is 19.1 Å². The van der Waals surface area contributed by atoms with E-state index in [4.69, 9.17) is 9.72 Å². The molecule has 0 fully saturated rings. The van der Waals surface area contributed by atoms with Gasteiger partial charge in [-0.25, -0.2) is 4.98 Å². The molecule has 0 aliphatic carbocycles. The van der Waals surface area contributed by atoms with Gasteiger partial charge in [0.25, 0.3) is 0 Å². The summed E-state index contributed by atoms with van der Waals surface area (Å²) >= 11 is 0. The number of amides is 1. The molecule has 28 heavy (non-hydrogen) atoms. The van der Waals surface area contributed by atoms with Crippen LogP contribution >= 0.6 is 0 Å². The largest absolute Gasteiger partial charge is 0.495 e. The molecule has 2 aromatic rings. The van der Waals surface area contributed by atoms with Gasteiger partial charge in [0, 0.05) is 13.0 Å². The number of ether oxygens (including phenoxy) is 1. The molecule has 150 valence electrons. The van der Waals surface area contributed by atoms with Gasteiger partial charge in [0.1, 0.15) is 11.6 Å². The zero-order valence-electron chi connectivity index (χ0n) is 17.5. The summed E-state index contributed by atoms with van der Waals surface area (Å²) in [6.45, 7) is 9.88. The normalized spacial score (nSPS) is 13.8. The summed E-state index contributed by atoms with van der Waals surface area (Å²) in [6, 6.07) is 6.07. The Morgan fingerprint density at radius 2 is 2.11 bits per heavy atom. The number of methoxy groups -OCH3 is 1. The van der Waals surface area contributed by atoms with E-state index in [1.54, 1.807) is 13.3 Å². The maximum Gasteiger partial charge on any atom is 0.226 e. The molecule has 3 heterocycles. The first kappa shape index (κ1) is 20.1. The molecular formula is C22H30N4O2. The SMILES string of the molecule is COc1ccc(CN2CCCc3nc(NC(=O)CC(C)(C)C)c(C)cc32)nc1. The number of nitrogens with one attached hydrogen (secondary N) is 1. The number of aromatic nitrogens is 2. The van der Waals surface area contributed by atoms with E-state index in [1.165, 1.54) is 0 Å². The number of hydrogen-bond acceptors (Lipinski definition) is 5. The van der Waals surface area contributed by atoms with E-state index in [2.05, 4.69) is 42.0 Å². The van der Waals surface area contributed by atoms with Gasteiger partial charge < -0.3 is 15.0 Å². The Morgan fingerprint density at radius 3 is 2.75 bits per heavy atom. The molecule has 1 amide bonds. The molecule has 0 spiro atoms. The second kappa shape index (κ2) is 8.17. The fourth-order valence-electron chi connectivity index (χ4n) is 3.42. The first-order valence-electron chi connectivity index (χ1n) is 9.79. The van der Waals surface area contributed by atoms with Crippen molar-refractivity contribution >= 4 is 17.4 Å². The second-order valence-corrected chi connectivity index (χ2v) is 8.62. The minimum Gasteiger partial charge on any atom is -0.495 e. The van der Waals surface area contributed by atoms with Crippen molar-refractivity contribution in [3.8, 4) is 5.75 Å². The minimum atomic E-state index is -0.0473. The van der Waals surface area contributed by atoms with Crippen LogP contribution < -0.4 is 15.0 Å². The van der Waals surface area contributed by atoms with E-state index in [-0.39, 0.29) is 11.3 Å². The van der Waals surface area contributed by atoms with Crippen LogP contribution in [0.3, 0.4) is 0 Å². The Labute approximate surface area is 167 Å². The first-order valence-corrected chi connectivity index (χ1v) is 9.79. The van der Waals surface area contributed by atoms with Crippen LogP contribution in [0.4, 0.5) is 11.5 Å². The van der Waals surface area contributed by atoms with Crippen molar-refractivity contribution in [2.45, 2.75) is 53.5 Å². The number of anilines is 2. The average molecular weight is 383 g/mol. The van der Waals surface area contributed by atoms with Crippen LogP contribution in [0, 0.1) is 12.3 Å². The van der Waals surface area contributed by atoms with Crippen molar-refractivity contribution in [2.24, 2.45) is 5.41 Å². The molecule has 6 nitrogen and oxygen atoms in total. The quantitative estimate of drug-likeness (QED) is 0.842. The molecule has 1 aliphatic rings. The number of pyridine rings is 2. The van der Waals surface area contributed by atoms with E-state index < -0.39 is 0 Å². The molecule has 0 radical (unpaired) electrons. The molecule has 2 aromatic heterocycles. The average Bonchev–Trinajstić information content (AvgIpc) is 2.62. The lowest BCUT2D eigenvalue weighted by atomic mass is 9.92. The third kappa shape index (κ3) is 5.00. The molecule has 3 rings (SSSR count). The zero-order valence-corrected chi connectivity index (χ0v) is 17.5. The van der Waals surface area contributed by atoms with Crippen LogP contribution in [-0.2, 0) is 17.8 Å². The Kier molecular flexibility index (Phi) is 5.87. The number of fused-ring (bicyclic) bond motifs is 1. The third-order valence-corrected chi connectivity index (χ3v) is 4.79. The summed E-state index contributed by atoms with van der Waals surface area (Å²) in [7, 11) is 1.64. The molecule has 0 atom stereocenters. The van der Waals surface area contributed by atoms with Crippen molar-refractivity contribution in [2.75, 3.05) is 23.9 Å². The summed E-state index contributed by atoms with van der Waals surface area (Å²) in [4.78, 5) is 23.9. The number of rotatable bonds is 5. The first-order chi connectivity index (χ1) is 13.2. The van der Waals surface area contributed by atoms with Crippen LogP contribution in [-0.4, -0.2) is 29.5 Å². The van der Waals surface area contributed by atoms with Crippen LogP contribution in [0.1, 0.15) is 50.6 Å². The molecule has 0 bridgehead atoms. The van der Waals surface area contributed by atoms with Crippen LogP contribution in [0.5, 0.6) is 5.75 Å². The Balaban J connectivity index is 1.78. The lowest BCUT2D eigenvalue weighted by Crippen LogP contribution is -2.30. The predicted octanol–water partition coefficient (Wildman–Crippen LogP) is 4.12. The smallest absolute Gasteiger partial charge is 0.226 e. The number of carbonyl (C=O) groups excluding carboxylic acids is 1. The van der Waals surface area contributed by atoms with Gasteiger partial charge in [-0.15, -0.1) is 0 Å². The zero-order chi connectivity index (χ0) is 20.3. The third-order valence-electron chi connectivity index (χ3n) is 4.79. The van der Waals surface area contributed by atoms with Gasteiger partial charge in [0.15, 0.2) is 0 Å². The van der Waals surface area contributed by atoms with Crippen molar-refractivity contribution < 1.29 is 9.53 Å². The van der Waals surface area contributed by atoms with Gasteiger partial charge in [-0.2, -0.15) is 0 Å². The number of hydrogen-bond donors (Lipinski definition) is 1. The topological polar surface area (TPSA) is 67.3 Å². The van der Waals surface area contributed by atoms with Crippen LogP contribution in [0.25, 0.3) is 0 Å². The summed E-state index contributed by atoms with van der Waals surface area (Å²) in [6.07, 6.45) is 4.18. The summed E-state index contributed by atoms with van der Waals surface area (Å²) in [5, 5.41) is 3.00. The van der Waals surface area contributed by atoms with E-state index in [0.29, 0.717) is 12.2 Å². The summed E-state index contributed by atoms with van der Waals surface area (Å²) in [5.74, 6) is 1.45. The van der Waals surface area contributed by atoms with E-state index >= 15 is 0 Å². The molecule has 0 saturated carbocycles. The van der Waals surface area contributed by atoms with Crippen molar-refractivity contribution in [1.29, 1.82) is 0 Å². The minimum absolute atomic E-state index is 0.0122. The number of aryl methyl sites for hydroxylation is 2. The van der Waals surface area contributed by atoms with Crippen molar-refractivity contribution in [3.63, 3.8) is 0 Å². The molecule has 1 aliphatic heterocycles. The fourth-order valence-corrected chi connectivity index (χ4v) is 3.42. The Morgan fingerprint density at radius 1 is 1.32 bits per heavy atom. The van der Waals surface area contributed by atoms with Crippen molar-refractivity contribution in [3.05, 3.63) is 41.3 Å². The molecule has 0 saturated heterocycles. The molecule has 6 heteroatoms. The van der Waals surface area contributed by atoms with Gasteiger partial charge in [0.05, 0.1) is 36.9 Å². The number of nitrogens with zero attached hydrogens (tertiary/aromatic N) is 3. The highest BCUT2D eigenvalue weighted by Crippen LogP contribution is 2.31. The highest BCUT2D eigenvalue weighted by Gasteiger charge is 2.22. The molecule has 1 N–H and O–H groups in total. The lowest BCUT2D eigenvalue weighted by molar-refractivity contribution is -0.117. The number of carbonyl (C=O) groups is 1. The van der Waals surface area contributed by atoms with Gasteiger partial charge >= 0.3 is 0 Å². The van der Waals surface area contributed by atoms with E-state index in [9.17, 15) is 4.79 Å². The van der Waals surface area contributed by atoms with Crippen LogP contribution in [0.15, 0.2) is 24.4 Å². The van der Waals surface area contributed by atoms with E-state index in [0.717, 1.165) is 54.3 Å². The van der Waals surface area contributed by atoms with Gasteiger partial charge in [-0.1, -0.05) is 20.8 Å². The predicted molar refractivity (Wildman–Crippen MR) is 112 cm³/mol. The Bertz CT molecular complexity index is 841. The van der Waals surface area contributed by atoms with Crippen LogP contribution in [0.2, 0.25) is 0 Å². The maximum atomic E-state index is 12.3. The Hall–Kier alpha value is -2.63. The second-order valence-electron chi connectivity index (χ2n) is 8.62. The highest BCUT2D eigenvalue weighted by molar-refractivity contribution is 5.91. The monoisotopic (exact) mass is 382 g/mol. The fraction of sp³-hybridized carbons (Fsp3) is 0.500. The highest BCUT2D eigenvalue weighted by atomic mass is 16.5. The van der Waals surface area contributed by atoms with Crippen molar-refractivity contribution in [1.82, 2.24) is 9.97 Å². The van der Waals surface area contributed by atoms with Gasteiger partial charge in [-0.3, -0.25) is 9.78 Å². The standard InChI is InChI=1S/C22H30N4O2/c1-15-11-19-18(24-21(15)25-20(27)12-22(2,3)4)7-6-10-26(19)14-16-8-9-17(28-5)13-23-16/h8-9,11,13H,6-7,10,12,14H2,1-5H3,(H,24,25,27). The summed E-state index contributed by atoms with van der Waals surface area (Å²) < 4.78 is 5.19. The maximum absolute atomic E-state index is 12.3. The molecule has 0 aromatic carbocycles. The summed E-state index contributed by atoms with van der Waals surface area (Å²) in [5.41, 5.74) is 4.10. The molecular weight excluding hydrogens is 352 g/mol. The molecule has 0 unspecified atom stereocenters. The van der Waals surface area contributed by atoms with Gasteiger partial charge in [0.2, 0.25) is 5.91 Å².